The van der Waals surface area contributed by atoms with Crippen LogP contribution in [-0.4, -0.2) is 0 Å². The Morgan fingerprint density at radius 1 is 1.44 bits per heavy atom. The van der Waals surface area contributed by atoms with Crippen LogP contribution in [0.4, 0.5) is 4.39 Å². The Morgan fingerprint density at radius 2 is 2.19 bits per heavy atom. The van der Waals surface area contributed by atoms with Crippen LogP contribution in [0, 0.1) is 29.0 Å². The summed E-state index contributed by atoms with van der Waals surface area (Å²) in [6.45, 7) is 4.42. The van der Waals surface area contributed by atoms with E-state index in [0.717, 1.165) is 30.4 Å². The Labute approximate surface area is 95.9 Å². The first kappa shape index (κ1) is 11.1. The van der Waals surface area contributed by atoms with Crippen LogP contribution in [0.1, 0.15) is 37.0 Å². The smallest absolute Gasteiger partial charge is 0.127 e. The highest BCUT2D eigenvalue weighted by Gasteiger charge is 2.23. The molecule has 0 spiro atoms. The summed E-state index contributed by atoms with van der Waals surface area (Å²) in [7, 11) is 0. The molecule has 0 saturated heterocycles. The average molecular weight is 217 g/mol. The van der Waals surface area contributed by atoms with Crippen LogP contribution in [-0.2, 0) is 12.8 Å². The summed E-state index contributed by atoms with van der Waals surface area (Å²) in [5.41, 5.74) is 2.32. The highest BCUT2D eigenvalue weighted by Crippen LogP contribution is 2.32. The maximum Gasteiger partial charge on any atom is 0.127 e. The van der Waals surface area contributed by atoms with Gasteiger partial charge in [0.05, 0.1) is 11.6 Å². The van der Waals surface area contributed by atoms with Crippen LogP contribution in [0.5, 0.6) is 0 Å². The van der Waals surface area contributed by atoms with E-state index >= 15 is 0 Å². The zero-order chi connectivity index (χ0) is 11.7. The first-order valence-corrected chi connectivity index (χ1v) is 5.83. The second-order valence-corrected chi connectivity index (χ2v) is 4.95. The van der Waals surface area contributed by atoms with Gasteiger partial charge in [-0.25, -0.2) is 4.39 Å². The van der Waals surface area contributed by atoms with Gasteiger partial charge in [-0.15, -0.1) is 0 Å². The lowest BCUT2D eigenvalue weighted by molar-refractivity contribution is 0.339. The first-order valence-electron chi connectivity index (χ1n) is 5.83. The normalized spacial score (nSPS) is 19.3. The number of fused-ring (bicyclic) bond motifs is 1. The summed E-state index contributed by atoms with van der Waals surface area (Å²) < 4.78 is 13.7. The van der Waals surface area contributed by atoms with Crippen molar-refractivity contribution in [3.63, 3.8) is 0 Å². The van der Waals surface area contributed by atoms with E-state index in [1.807, 2.05) is 12.1 Å². The van der Waals surface area contributed by atoms with Crippen LogP contribution < -0.4 is 0 Å². The number of rotatable bonds is 1. The third-order valence-corrected chi connectivity index (χ3v) is 3.61. The van der Waals surface area contributed by atoms with Crippen molar-refractivity contribution in [1.82, 2.24) is 0 Å². The summed E-state index contributed by atoms with van der Waals surface area (Å²) in [4.78, 5) is 0. The van der Waals surface area contributed by atoms with Gasteiger partial charge in [0.2, 0.25) is 0 Å². The minimum Gasteiger partial charge on any atom is -0.207 e. The topological polar surface area (TPSA) is 23.8 Å². The van der Waals surface area contributed by atoms with Crippen molar-refractivity contribution in [2.24, 2.45) is 11.8 Å². The number of nitriles is 1. The molecule has 0 saturated carbocycles. The molecule has 0 aliphatic heterocycles. The Hall–Kier alpha value is -1.36. The van der Waals surface area contributed by atoms with Crippen molar-refractivity contribution >= 4 is 0 Å². The molecule has 2 rings (SSSR count). The molecule has 1 nitrogen and oxygen atoms in total. The molecule has 1 aliphatic rings. The van der Waals surface area contributed by atoms with Gasteiger partial charge in [0.1, 0.15) is 5.82 Å². The van der Waals surface area contributed by atoms with E-state index < -0.39 is 0 Å². The zero-order valence-electron chi connectivity index (χ0n) is 9.76. The minimum atomic E-state index is -0.198. The van der Waals surface area contributed by atoms with Crippen molar-refractivity contribution in [2.75, 3.05) is 0 Å². The van der Waals surface area contributed by atoms with E-state index in [9.17, 15) is 4.39 Å². The molecule has 16 heavy (non-hydrogen) atoms. The van der Waals surface area contributed by atoms with E-state index in [0.29, 0.717) is 17.4 Å². The number of halogens is 1. The van der Waals surface area contributed by atoms with Crippen LogP contribution in [0.2, 0.25) is 0 Å². The lowest BCUT2D eigenvalue weighted by Gasteiger charge is -2.27. The molecule has 0 aromatic heterocycles. The summed E-state index contributed by atoms with van der Waals surface area (Å²) in [5.74, 6) is 1.05. The number of nitrogens with zero attached hydrogens (tertiary/aromatic N) is 1. The predicted molar refractivity (Wildman–Crippen MR) is 61.5 cm³/mol. The van der Waals surface area contributed by atoms with Crippen LogP contribution in [0.15, 0.2) is 12.1 Å². The lowest BCUT2D eigenvalue weighted by Crippen LogP contribution is -2.20. The van der Waals surface area contributed by atoms with Gasteiger partial charge in [0.15, 0.2) is 0 Å². The molecule has 0 heterocycles. The third kappa shape index (κ3) is 1.95. The standard InChI is InChI=1S/C14H16FN/c1-9(2)11-3-4-13-12(7-11)5-10(8-16)6-14(13)15/h5-6,9,11H,3-4,7H2,1-2H3. The van der Waals surface area contributed by atoms with E-state index in [1.54, 1.807) is 0 Å². The van der Waals surface area contributed by atoms with Gasteiger partial charge < -0.3 is 0 Å². The van der Waals surface area contributed by atoms with Crippen LogP contribution >= 0.6 is 0 Å². The molecule has 2 heteroatoms. The van der Waals surface area contributed by atoms with Crippen molar-refractivity contribution in [2.45, 2.75) is 33.1 Å². The number of hydrogen-bond acceptors (Lipinski definition) is 1. The largest absolute Gasteiger partial charge is 0.207 e. The van der Waals surface area contributed by atoms with Gasteiger partial charge in [-0.1, -0.05) is 13.8 Å². The van der Waals surface area contributed by atoms with Gasteiger partial charge in [-0.2, -0.15) is 5.26 Å². The molecule has 84 valence electrons. The van der Waals surface area contributed by atoms with Crippen molar-refractivity contribution in [3.8, 4) is 6.07 Å². The summed E-state index contributed by atoms with van der Waals surface area (Å²) in [6, 6.07) is 5.23. The highest BCUT2D eigenvalue weighted by atomic mass is 19.1. The molecule has 1 aromatic rings. The van der Waals surface area contributed by atoms with Crippen LogP contribution in [0.3, 0.4) is 0 Å². The second-order valence-electron chi connectivity index (χ2n) is 4.95. The van der Waals surface area contributed by atoms with Crippen molar-refractivity contribution in [1.29, 1.82) is 5.26 Å². The van der Waals surface area contributed by atoms with Gasteiger partial charge in [0, 0.05) is 0 Å². The lowest BCUT2D eigenvalue weighted by atomic mass is 9.78. The van der Waals surface area contributed by atoms with E-state index in [2.05, 4.69) is 13.8 Å². The number of hydrogen-bond donors (Lipinski definition) is 0. The maximum atomic E-state index is 13.7. The summed E-state index contributed by atoms with van der Waals surface area (Å²) >= 11 is 0. The molecular formula is C14H16FN. The Balaban J connectivity index is 2.37. The third-order valence-electron chi connectivity index (χ3n) is 3.61. The Bertz CT molecular complexity index is 443. The number of benzene rings is 1. The molecule has 1 aromatic carbocycles. The van der Waals surface area contributed by atoms with Gasteiger partial charge in [0.25, 0.3) is 0 Å². The maximum absolute atomic E-state index is 13.7. The Kier molecular flexibility index (Phi) is 2.96. The SMILES string of the molecule is CC(C)C1CCc2c(F)cc(C#N)cc2C1. The molecule has 1 aliphatic carbocycles. The second kappa shape index (κ2) is 4.25. The van der Waals surface area contributed by atoms with Crippen LogP contribution in [0.25, 0.3) is 0 Å². The molecule has 0 fully saturated rings. The van der Waals surface area contributed by atoms with E-state index in [1.165, 1.54) is 6.07 Å². The first-order chi connectivity index (χ1) is 7.61. The van der Waals surface area contributed by atoms with Crippen molar-refractivity contribution in [3.05, 3.63) is 34.6 Å². The quantitative estimate of drug-likeness (QED) is 0.706. The molecule has 0 N–H and O–H groups in total. The molecule has 0 amide bonds. The van der Waals surface area contributed by atoms with Crippen molar-refractivity contribution < 1.29 is 4.39 Å². The molecule has 1 atom stereocenters. The monoisotopic (exact) mass is 217 g/mol. The van der Waals surface area contributed by atoms with E-state index in [4.69, 9.17) is 5.26 Å². The molecule has 1 unspecified atom stereocenters. The zero-order valence-corrected chi connectivity index (χ0v) is 9.76. The minimum absolute atomic E-state index is 0.198. The van der Waals surface area contributed by atoms with Gasteiger partial charge in [-0.3, -0.25) is 0 Å². The fraction of sp³-hybridized carbons (Fsp3) is 0.500. The van der Waals surface area contributed by atoms with E-state index in [-0.39, 0.29) is 5.82 Å². The van der Waals surface area contributed by atoms with Gasteiger partial charge in [-0.05, 0) is 54.4 Å². The average Bonchev–Trinajstić information content (AvgIpc) is 2.28. The molecule has 0 bridgehead atoms. The molecular weight excluding hydrogens is 201 g/mol. The van der Waals surface area contributed by atoms with Gasteiger partial charge >= 0.3 is 0 Å². The highest BCUT2D eigenvalue weighted by molar-refractivity contribution is 5.40. The Morgan fingerprint density at radius 3 is 2.81 bits per heavy atom. The fourth-order valence-electron chi connectivity index (χ4n) is 2.50. The molecule has 0 radical (unpaired) electrons. The summed E-state index contributed by atoms with van der Waals surface area (Å²) in [5, 5.41) is 8.82. The fourth-order valence-corrected chi connectivity index (χ4v) is 2.50. The summed E-state index contributed by atoms with van der Waals surface area (Å²) in [6.07, 6.45) is 2.79. The predicted octanol–water partition coefficient (Wildman–Crippen LogP) is 3.46.